The Morgan fingerprint density at radius 1 is 0.676 bits per heavy atom. The van der Waals surface area contributed by atoms with Gasteiger partial charge >= 0.3 is 0 Å². The number of rotatable bonds is 4. The molecule has 0 saturated carbocycles. The highest BCUT2D eigenvalue weighted by atomic mass is 32.1. The number of thiophene rings is 1. The maximum Gasteiger partial charge on any atom is 0.0636 e. The van der Waals surface area contributed by atoms with Gasteiger partial charge in [-0.05, 0) is 103 Å². The smallest absolute Gasteiger partial charge is 0.0636 e. The summed E-state index contributed by atoms with van der Waals surface area (Å²) in [6.07, 6.45) is 4.29. The summed E-state index contributed by atoms with van der Waals surface area (Å²) in [5.41, 5.74) is 13.7. The topological polar surface area (TPSA) is 24.7 Å². The molecular formula is C31H26N2S. The van der Waals surface area contributed by atoms with Crippen LogP contribution in [0.5, 0.6) is 0 Å². The SMILES string of the molecule is CC1=Cc2ccc(N=C(C)c3ccc(C(C)=Nc4ccc5c(c4)Cc4ccccc4-5)s3)cc2C1. The van der Waals surface area contributed by atoms with Crippen molar-refractivity contribution in [2.75, 3.05) is 0 Å². The van der Waals surface area contributed by atoms with E-state index in [0.29, 0.717) is 0 Å². The van der Waals surface area contributed by atoms with Gasteiger partial charge in [-0.15, -0.1) is 11.3 Å². The van der Waals surface area contributed by atoms with Crippen molar-refractivity contribution in [3.63, 3.8) is 0 Å². The summed E-state index contributed by atoms with van der Waals surface area (Å²) in [6.45, 7) is 6.38. The zero-order valence-electron chi connectivity index (χ0n) is 19.7. The molecule has 0 saturated heterocycles. The molecule has 1 aromatic heterocycles. The minimum absolute atomic E-state index is 0.991. The monoisotopic (exact) mass is 458 g/mol. The molecule has 2 aliphatic carbocycles. The van der Waals surface area contributed by atoms with Gasteiger partial charge < -0.3 is 0 Å². The molecular weight excluding hydrogens is 432 g/mol. The van der Waals surface area contributed by atoms with E-state index in [-0.39, 0.29) is 0 Å². The van der Waals surface area contributed by atoms with E-state index in [1.165, 1.54) is 48.7 Å². The Balaban J connectivity index is 1.22. The van der Waals surface area contributed by atoms with E-state index in [1.54, 1.807) is 11.3 Å². The quantitative estimate of drug-likeness (QED) is 0.241. The number of aliphatic imine (C=N–C) groups is 2. The lowest BCUT2D eigenvalue weighted by Crippen LogP contribution is -1.91. The third-order valence-corrected chi connectivity index (χ3v) is 7.99. The van der Waals surface area contributed by atoms with Gasteiger partial charge in [0.05, 0.1) is 22.8 Å². The molecule has 0 fully saturated rings. The summed E-state index contributed by atoms with van der Waals surface area (Å²) in [6, 6.07) is 26.1. The van der Waals surface area contributed by atoms with Crippen LogP contribution in [-0.4, -0.2) is 11.4 Å². The van der Waals surface area contributed by atoms with Gasteiger partial charge in [0.1, 0.15) is 0 Å². The minimum Gasteiger partial charge on any atom is -0.252 e. The summed E-state index contributed by atoms with van der Waals surface area (Å²) in [7, 11) is 0. The first-order valence-corrected chi connectivity index (χ1v) is 12.6. The highest BCUT2D eigenvalue weighted by Gasteiger charge is 2.18. The van der Waals surface area contributed by atoms with E-state index in [0.717, 1.165) is 35.6 Å². The van der Waals surface area contributed by atoms with Gasteiger partial charge in [0, 0.05) is 9.75 Å². The number of fused-ring (bicyclic) bond motifs is 4. The van der Waals surface area contributed by atoms with Crippen molar-refractivity contribution in [3.05, 3.63) is 110 Å². The third-order valence-electron chi connectivity index (χ3n) is 6.69. The van der Waals surface area contributed by atoms with Crippen LogP contribution in [0.1, 0.15) is 52.8 Å². The zero-order chi connectivity index (χ0) is 23.2. The third kappa shape index (κ3) is 3.86. The molecule has 3 aromatic carbocycles. The molecule has 4 aromatic rings. The maximum atomic E-state index is 4.95. The predicted molar refractivity (Wildman–Crippen MR) is 147 cm³/mol. The lowest BCUT2D eigenvalue weighted by molar-refractivity contribution is 1.19. The lowest BCUT2D eigenvalue weighted by Gasteiger charge is -2.03. The van der Waals surface area contributed by atoms with Gasteiger partial charge in [-0.2, -0.15) is 0 Å². The molecule has 0 atom stereocenters. The molecule has 0 amide bonds. The second kappa shape index (κ2) is 8.34. The number of hydrogen-bond acceptors (Lipinski definition) is 3. The van der Waals surface area contributed by atoms with Gasteiger partial charge in [-0.25, -0.2) is 0 Å². The van der Waals surface area contributed by atoms with Crippen LogP contribution in [0.25, 0.3) is 17.2 Å². The van der Waals surface area contributed by atoms with E-state index in [1.807, 2.05) is 0 Å². The molecule has 166 valence electrons. The fraction of sp³-hybridized carbons (Fsp3) is 0.161. The first-order valence-electron chi connectivity index (χ1n) is 11.8. The second-order valence-electron chi connectivity index (χ2n) is 9.28. The molecule has 34 heavy (non-hydrogen) atoms. The van der Waals surface area contributed by atoms with E-state index < -0.39 is 0 Å². The van der Waals surface area contributed by atoms with Crippen LogP contribution in [0.2, 0.25) is 0 Å². The summed E-state index contributed by atoms with van der Waals surface area (Å²) in [4.78, 5) is 12.2. The van der Waals surface area contributed by atoms with Crippen molar-refractivity contribution < 1.29 is 0 Å². The van der Waals surface area contributed by atoms with Crippen molar-refractivity contribution in [1.82, 2.24) is 0 Å². The van der Waals surface area contributed by atoms with Crippen molar-refractivity contribution in [1.29, 1.82) is 0 Å². The molecule has 0 spiro atoms. The minimum atomic E-state index is 0.991. The van der Waals surface area contributed by atoms with Gasteiger partial charge in [-0.1, -0.05) is 48.0 Å². The fourth-order valence-corrected chi connectivity index (χ4v) is 5.89. The Bertz CT molecular complexity index is 1530. The normalized spacial score (nSPS) is 14.6. The van der Waals surface area contributed by atoms with Crippen molar-refractivity contribution in [3.8, 4) is 11.1 Å². The van der Waals surface area contributed by atoms with E-state index in [2.05, 4.69) is 99.6 Å². The maximum absolute atomic E-state index is 4.95. The van der Waals surface area contributed by atoms with E-state index >= 15 is 0 Å². The molecule has 0 bridgehead atoms. The lowest BCUT2D eigenvalue weighted by atomic mass is 10.1. The Labute approximate surface area is 205 Å². The molecule has 1 heterocycles. The van der Waals surface area contributed by atoms with Gasteiger partial charge in [0.2, 0.25) is 0 Å². The average molecular weight is 459 g/mol. The van der Waals surface area contributed by atoms with Crippen LogP contribution in [0, 0.1) is 0 Å². The van der Waals surface area contributed by atoms with E-state index in [9.17, 15) is 0 Å². The van der Waals surface area contributed by atoms with Crippen LogP contribution in [0.3, 0.4) is 0 Å². The fourth-order valence-electron chi connectivity index (χ4n) is 5.00. The molecule has 0 unspecified atom stereocenters. The van der Waals surface area contributed by atoms with Crippen LogP contribution in [0.4, 0.5) is 11.4 Å². The Morgan fingerprint density at radius 2 is 1.32 bits per heavy atom. The number of hydrogen-bond donors (Lipinski definition) is 0. The van der Waals surface area contributed by atoms with E-state index in [4.69, 9.17) is 9.98 Å². The van der Waals surface area contributed by atoms with Gasteiger partial charge in [0.25, 0.3) is 0 Å². The number of allylic oxidation sites excluding steroid dienone is 1. The second-order valence-corrected chi connectivity index (χ2v) is 10.4. The summed E-state index contributed by atoms with van der Waals surface area (Å²) in [5.74, 6) is 0. The molecule has 0 aliphatic heterocycles. The van der Waals surface area contributed by atoms with Crippen LogP contribution in [-0.2, 0) is 12.8 Å². The molecule has 3 heteroatoms. The largest absolute Gasteiger partial charge is 0.252 e. The number of nitrogens with zero attached hydrogens (tertiary/aromatic N) is 2. The highest BCUT2D eigenvalue weighted by molar-refractivity contribution is 7.16. The molecule has 2 aliphatic rings. The predicted octanol–water partition coefficient (Wildman–Crippen LogP) is 8.56. The zero-order valence-corrected chi connectivity index (χ0v) is 20.5. The van der Waals surface area contributed by atoms with Gasteiger partial charge in [0.15, 0.2) is 0 Å². The Kier molecular flexibility index (Phi) is 5.15. The van der Waals surface area contributed by atoms with Crippen LogP contribution in [0.15, 0.2) is 88.4 Å². The average Bonchev–Trinajstić information content (AvgIpc) is 3.54. The Hall–Kier alpha value is -3.56. The van der Waals surface area contributed by atoms with Gasteiger partial charge in [-0.3, -0.25) is 9.98 Å². The van der Waals surface area contributed by atoms with Crippen LogP contribution >= 0.6 is 11.3 Å². The summed E-state index contributed by atoms with van der Waals surface area (Å²) < 4.78 is 0. The molecule has 0 radical (unpaired) electrons. The van der Waals surface area contributed by atoms with Crippen molar-refractivity contribution >= 4 is 40.2 Å². The highest BCUT2D eigenvalue weighted by Crippen LogP contribution is 2.38. The summed E-state index contributed by atoms with van der Waals surface area (Å²) in [5, 5.41) is 0. The van der Waals surface area contributed by atoms with Crippen LogP contribution < -0.4 is 0 Å². The number of benzene rings is 3. The Morgan fingerprint density at radius 3 is 2.09 bits per heavy atom. The first-order chi connectivity index (χ1) is 16.5. The summed E-state index contributed by atoms with van der Waals surface area (Å²) >= 11 is 1.76. The molecule has 6 rings (SSSR count). The molecule has 0 N–H and O–H groups in total. The van der Waals surface area contributed by atoms with Crippen molar-refractivity contribution in [2.24, 2.45) is 9.98 Å². The van der Waals surface area contributed by atoms with Crippen molar-refractivity contribution in [2.45, 2.75) is 33.6 Å². The molecule has 2 nitrogen and oxygen atoms in total. The first kappa shape index (κ1) is 21.0. The standard InChI is InChI=1S/C31H26N2S/c1-19-14-22-8-9-26(17-24(22)15-19)32-20(2)30-12-13-31(34-30)21(3)33-27-10-11-29-25(18-27)16-23-6-4-5-7-28(23)29/h4-14,17-18H,15-16H2,1-3H3.